The van der Waals surface area contributed by atoms with Crippen LogP contribution >= 0.6 is 0 Å². The number of benzene rings is 2. The van der Waals surface area contributed by atoms with Gasteiger partial charge in [0.15, 0.2) is 0 Å². The first kappa shape index (κ1) is 28.5. The highest BCUT2D eigenvalue weighted by Gasteiger charge is 2.36. The van der Waals surface area contributed by atoms with Crippen LogP contribution in [0.1, 0.15) is 65.7 Å². The van der Waals surface area contributed by atoms with Crippen LogP contribution < -0.4 is 4.74 Å². The highest BCUT2D eigenvalue weighted by molar-refractivity contribution is 5.89. The molecular formula is C36H46FN5O. The van der Waals surface area contributed by atoms with E-state index >= 15 is 0 Å². The number of ether oxygens (including phenoxy) is 1. The van der Waals surface area contributed by atoms with Gasteiger partial charge in [0, 0.05) is 57.5 Å². The number of allylic oxidation sites excluding steroid dienone is 2. The Morgan fingerprint density at radius 1 is 1.12 bits per heavy atom. The molecule has 4 heterocycles. The van der Waals surface area contributed by atoms with E-state index in [0.717, 1.165) is 74.5 Å². The zero-order chi connectivity index (χ0) is 29.7. The minimum atomic E-state index is -0.702. The molecule has 2 aromatic carbocycles. The molecule has 43 heavy (non-hydrogen) atoms. The number of hydrogen-bond donors (Lipinski definition) is 1. The van der Waals surface area contributed by atoms with Gasteiger partial charge in [-0.3, -0.25) is 14.8 Å². The summed E-state index contributed by atoms with van der Waals surface area (Å²) in [5.41, 5.74) is 11.2. The lowest BCUT2D eigenvalue weighted by Crippen LogP contribution is -2.41. The van der Waals surface area contributed by atoms with Crippen molar-refractivity contribution in [2.45, 2.75) is 78.6 Å². The minimum Gasteiger partial charge on any atom is -0.492 e. The van der Waals surface area contributed by atoms with Crippen LogP contribution in [0.2, 0.25) is 0 Å². The number of halogens is 1. The van der Waals surface area contributed by atoms with Gasteiger partial charge in [0.2, 0.25) is 0 Å². The lowest BCUT2D eigenvalue weighted by Gasteiger charge is -2.41. The molecule has 4 aliphatic rings. The van der Waals surface area contributed by atoms with Crippen LogP contribution in [0.15, 0.2) is 64.3 Å². The van der Waals surface area contributed by atoms with E-state index in [9.17, 15) is 4.39 Å². The van der Waals surface area contributed by atoms with E-state index in [1.807, 2.05) is 6.92 Å². The van der Waals surface area contributed by atoms with Crippen molar-refractivity contribution in [3.8, 4) is 16.9 Å². The molecule has 228 valence electrons. The summed E-state index contributed by atoms with van der Waals surface area (Å²) in [6, 6.07) is 13.3. The van der Waals surface area contributed by atoms with E-state index in [0.29, 0.717) is 19.6 Å². The third-order valence-electron chi connectivity index (χ3n) is 9.78. The zero-order valence-corrected chi connectivity index (χ0v) is 26.0. The minimum absolute atomic E-state index is 0. The average Bonchev–Trinajstić information content (AvgIpc) is 3.48. The second kappa shape index (κ2) is 11.3. The topological polar surface area (TPSA) is 56.8 Å². The third-order valence-corrected chi connectivity index (χ3v) is 9.78. The molecule has 1 N–H and O–H groups in total. The van der Waals surface area contributed by atoms with E-state index < -0.39 is 6.17 Å². The number of imidazole rings is 1. The largest absolute Gasteiger partial charge is 0.492 e. The molecule has 3 aliphatic heterocycles. The van der Waals surface area contributed by atoms with Crippen molar-refractivity contribution in [1.29, 1.82) is 0 Å². The number of H-pyrrole nitrogens is 1. The van der Waals surface area contributed by atoms with Crippen LogP contribution in [-0.2, 0) is 6.54 Å². The fourth-order valence-corrected chi connectivity index (χ4v) is 7.53. The van der Waals surface area contributed by atoms with Crippen LogP contribution in [0.4, 0.5) is 4.39 Å². The Hall–Kier alpha value is -3.29. The molecule has 1 unspecified atom stereocenters. The van der Waals surface area contributed by atoms with Gasteiger partial charge in [-0.05, 0) is 85.9 Å². The van der Waals surface area contributed by atoms with E-state index in [4.69, 9.17) is 9.73 Å². The molecule has 1 aliphatic carbocycles. The van der Waals surface area contributed by atoms with Crippen molar-refractivity contribution >= 4 is 16.7 Å². The molecule has 7 heteroatoms. The number of nitrogens with one attached hydrogen (secondary N) is 1. The Kier molecular flexibility index (Phi) is 7.50. The van der Waals surface area contributed by atoms with Crippen LogP contribution in [-0.4, -0.2) is 70.5 Å². The summed E-state index contributed by atoms with van der Waals surface area (Å²) < 4.78 is 20.3. The molecular weight excluding hydrogens is 537 g/mol. The smallest absolute Gasteiger partial charge is 0.123 e. The SMILES string of the molecule is C/C1=C\CC(CN2CC[C@@H](F)C2)=NC2=C(CC(C)(C)CC2)C1N1CCOc2ccc(-c3ccc4nc(C)[nH]c4c3)cc2C1.[HH]. The molecule has 3 aromatic rings. The van der Waals surface area contributed by atoms with E-state index in [1.54, 1.807) is 0 Å². The first-order chi connectivity index (χ1) is 20.7. The number of fused-ring (bicyclic) bond motifs is 2. The predicted molar refractivity (Wildman–Crippen MR) is 174 cm³/mol. The number of likely N-dealkylation sites (tertiary alicyclic amines) is 1. The molecule has 0 saturated carbocycles. The Bertz CT molecular complexity index is 1640. The summed E-state index contributed by atoms with van der Waals surface area (Å²) in [6.45, 7) is 13.6. The molecule has 0 bridgehead atoms. The number of aryl methyl sites for hydroxylation is 1. The van der Waals surface area contributed by atoms with Crippen molar-refractivity contribution in [2.75, 3.05) is 32.8 Å². The number of aromatic nitrogens is 2. The summed E-state index contributed by atoms with van der Waals surface area (Å²) in [5, 5.41) is 0. The number of aliphatic imine (C=N–C) groups is 1. The van der Waals surface area contributed by atoms with Crippen LogP contribution in [0.25, 0.3) is 22.2 Å². The first-order valence-electron chi connectivity index (χ1n) is 16.0. The maximum absolute atomic E-state index is 13.9. The predicted octanol–water partition coefficient (Wildman–Crippen LogP) is 7.65. The van der Waals surface area contributed by atoms with Crippen LogP contribution in [0, 0.1) is 12.3 Å². The quantitative estimate of drug-likeness (QED) is 0.321. The number of alkyl halides is 1. The van der Waals surface area contributed by atoms with Crippen molar-refractivity contribution in [2.24, 2.45) is 10.4 Å². The van der Waals surface area contributed by atoms with Gasteiger partial charge >= 0.3 is 0 Å². The summed E-state index contributed by atoms with van der Waals surface area (Å²) in [6.07, 6.45) is 6.35. The highest BCUT2D eigenvalue weighted by atomic mass is 19.1. The van der Waals surface area contributed by atoms with Crippen LogP contribution in [0.3, 0.4) is 0 Å². The molecule has 0 amide bonds. The molecule has 1 aromatic heterocycles. The molecule has 6 nitrogen and oxygen atoms in total. The molecule has 1 fully saturated rings. The second-order valence-corrected chi connectivity index (χ2v) is 13.9. The van der Waals surface area contributed by atoms with Gasteiger partial charge in [0.05, 0.1) is 17.1 Å². The Morgan fingerprint density at radius 3 is 2.79 bits per heavy atom. The number of nitrogens with zero attached hydrogens (tertiary/aromatic N) is 4. The van der Waals surface area contributed by atoms with E-state index in [2.05, 4.69) is 83.0 Å². The molecule has 7 rings (SSSR count). The summed E-state index contributed by atoms with van der Waals surface area (Å²) in [5.74, 6) is 1.91. The van der Waals surface area contributed by atoms with Gasteiger partial charge in [-0.1, -0.05) is 37.6 Å². The summed E-state index contributed by atoms with van der Waals surface area (Å²) in [7, 11) is 0. The monoisotopic (exact) mass is 583 g/mol. The van der Waals surface area contributed by atoms with Gasteiger partial charge in [-0.2, -0.15) is 0 Å². The second-order valence-electron chi connectivity index (χ2n) is 13.9. The average molecular weight is 584 g/mol. The first-order valence-corrected chi connectivity index (χ1v) is 16.0. The maximum Gasteiger partial charge on any atom is 0.123 e. The normalized spacial score (nSPS) is 26.1. The van der Waals surface area contributed by atoms with Gasteiger partial charge in [0.1, 0.15) is 24.4 Å². The van der Waals surface area contributed by atoms with Crippen molar-refractivity contribution in [3.05, 3.63) is 70.7 Å². The summed E-state index contributed by atoms with van der Waals surface area (Å²) in [4.78, 5) is 18.2. The fraction of sp³-hybridized carbons (Fsp3) is 0.500. The Morgan fingerprint density at radius 2 is 1.95 bits per heavy atom. The molecule has 2 atom stereocenters. The van der Waals surface area contributed by atoms with Gasteiger partial charge in [-0.25, -0.2) is 9.37 Å². The van der Waals surface area contributed by atoms with E-state index in [1.165, 1.54) is 39.2 Å². The lowest BCUT2D eigenvalue weighted by atomic mass is 9.72. The standard InChI is InChI=1S/C36H44FN5O.H2/c1-23-5-8-29(22-41-14-12-28(37)21-41)40-31-11-13-36(3,4)19-30(31)35(23)42-15-16-43-34-10-7-25(17-27(34)20-42)26-6-9-32-33(18-26)39-24(2)38-32;/h5-7,9-10,17-18,28,35H,8,11-16,19-22H2,1-4H3,(H,38,39);1H/b23-5+,40-29?;/t28-,35?;/m1./s1. The number of hydrogen-bond acceptors (Lipinski definition) is 5. The molecule has 0 radical (unpaired) electrons. The maximum atomic E-state index is 13.9. The van der Waals surface area contributed by atoms with E-state index in [-0.39, 0.29) is 12.9 Å². The lowest BCUT2D eigenvalue weighted by molar-refractivity contribution is 0.189. The fourth-order valence-electron chi connectivity index (χ4n) is 7.53. The van der Waals surface area contributed by atoms with Crippen molar-refractivity contribution < 1.29 is 10.6 Å². The highest BCUT2D eigenvalue weighted by Crippen LogP contribution is 2.44. The number of rotatable bonds is 4. The van der Waals surface area contributed by atoms with Gasteiger partial charge in [-0.15, -0.1) is 0 Å². The van der Waals surface area contributed by atoms with Gasteiger partial charge < -0.3 is 9.72 Å². The zero-order valence-electron chi connectivity index (χ0n) is 26.0. The van der Waals surface area contributed by atoms with Gasteiger partial charge in [0.25, 0.3) is 0 Å². The third kappa shape index (κ3) is 5.94. The summed E-state index contributed by atoms with van der Waals surface area (Å²) >= 11 is 0. The Balaban J connectivity index is 0.00000343. The molecule has 0 spiro atoms. The number of aromatic amines is 1. The van der Waals surface area contributed by atoms with Crippen molar-refractivity contribution in [3.63, 3.8) is 0 Å². The Labute approximate surface area is 256 Å². The van der Waals surface area contributed by atoms with Crippen molar-refractivity contribution in [1.82, 2.24) is 19.8 Å². The van der Waals surface area contributed by atoms with Crippen LogP contribution in [0.5, 0.6) is 5.75 Å². The molecule has 1 saturated heterocycles.